The van der Waals surface area contributed by atoms with Crippen LogP contribution in [0.25, 0.3) is 0 Å². The molecule has 0 aliphatic heterocycles. The molecule has 0 radical (unpaired) electrons. The highest BCUT2D eigenvalue weighted by molar-refractivity contribution is 6.41. The third kappa shape index (κ3) is 6.45. The molecule has 1 aromatic carbocycles. The minimum atomic E-state index is -0.708. The van der Waals surface area contributed by atoms with Crippen LogP contribution in [0, 0.1) is 5.92 Å². The van der Waals surface area contributed by atoms with E-state index in [-0.39, 0.29) is 6.04 Å². The summed E-state index contributed by atoms with van der Waals surface area (Å²) in [6.45, 7) is 4.85. The number of halogens is 1. The Bertz CT molecular complexity index is 508. The Morgan fingerprint density at radius 3 is 2.36 bits per heavy atom. The molecule has 0 aliphatic carbocycles. The normalized spacial score (nSPS) is 12.3. The number of benzene rings is 1. The predicted molar refractivity (Wildman–Crippen MR) is 90.0 cm³/mol. The van der Waals surface area contributed by atoms with E-state index in [4.69, 9.17) is 11.6 Å². The molecule has 2 N–H and O–H groups in total. The highest BCUT2D eigenvalue weighted by atomic mass is 35.5. The van der Waals surface area contributed by atoms with Gasteiger partial charge >= 0.3 is 11.8 Å². The molecule has 0 fully saturated rings. The van der Waals surface area contributed by atoms with Crippen LogP contribution in [0.5, 0.6) is 0 Å². The van der Waals surface area contributed by atoms with Crippen molar-refractivity contribution < 1.29 is 9.59 Å². The molecule has 1 atom stereocenters. The molecule has 0 aromatic heterocycles. The smallest absolute Gasteiger partial charge is 0.313 e. The van der Waals surface area contributed by atoms with Gasteiger partial charge in [0.25, 0.3) is 0 Å². The Morgan fingerprint density at radius 1 is 1.18 bits per heavy atom. The summed E-state index contributed by atoms with van der Waals surface area (Å²) in [7, 11) is 3.87. The van der Waals surface area contributed by atoms with Crippen molar-refractivity contribution in [1.29, 1.82) is 0 Å². The van der Waals surface area contributed by atoms with Crippen molar-refractivity contribution >= 4 is 29.1 Å². The molecule has 5 nitrogen and oxygen atoms in total. The topological polar surface area (TPSA) is 61.4 Å². The van der Waals surface area contributed by atoms with E-state index in [0.717, 1.165) is 6.42 Å². The molecular formula is C16H24ClN3O2. The van der Waals surface area contributed by atoms with Crippen LogP contribution in [0.4, 0.5) is 5.69 Å². The van der Waals surface area contributed by atoms with Gasteiger partial charge in [-0.1, -0.05) is 37.6 Å². The predicted octanol–water partition coefficient (Wildman–Crippen LogP) is 2.37. The average molecular weight is 326 g/mol. The van der Waals surface area contributed by atoms with Gasteiger partial charge in [-0.2, -0.15) is 0 Å². The molecule has 0 bridgehead atoms. The lowest BCUT2D eigenvalue weighted by Crippen LogP contribution is -2.46. The highest BCUT2D eigenvalue weighted by Crippen LogP contribution is 2.20. The lowest BCUT2D eigenvalue weighted by atomic mass is 10.0. The first-order valence-corrected chi connectivity index (χ1v) is 7.68. The summed E-state index contributed by atoms with van der Waals surface area (Å²) in [6, 6.07) is 6.74. The molecule has 0 saturated heterocycles. The molecule has 2 amide bonds. The molecule has 22 heavy (non-hydrogen) atoms. The van der Waals surface area contributed by atoms with Crippen LogP contribution in [0.1, 0.15) is 20.3 Å². The average Bonchev–Trinajstić information content (AvgIpc) is 2.39. The Labute approximate surface area is 137 Å². The lowest BCUT2D eigenvalue weighted by Gasteiger charge is -2.23. The SMILES string of the molecule is CC(C)C[C@@H](CN(C)C)NC(=O)C(=O)Nc1ccccc1Cl. The summed E-state index contributed by atoms with van der Waals surface area (Å²) in [5, 5.41) is 5.71. The monoisotopic (exact) mass is 325 g/mol. The first kappa shape index (κ1) is 18.5. The van der Waals surface area contributed by atoms with Gasteiger partial charge < -0.3 is 15.5 Å². The fraction of sp³-hybridized carbons (Fsp3) is 0.500. The van der Waals surface area contributed by atoms with Gasteiger partial charge in [0.2, 0.25) is 0 Å². The highest BCUT2D eigenvalue weighted by Gasteiger charge is 2.20. The fourth-order valence-corrected chi connectivity index (χ4v) is 2.36. The van der Waals surface area contributed by atoms with Crippen molar-refractivity contribution in [2.75, 3.05) is 26.0 Å². The Balaban J connectivity index is 2.64. The minimum Gasteiger partial charge on any atom is -0.344 e. The quantitative estimate of drug-likeness (QED) is 0.789. The summed E-state index contributed by atoms with van der Waals surface area (Å²) in [6.07, 6.45) is 0.809. The third-order valence-electron chi connectivity index (χ3n) is 3.00. The van der Waals surface area contributed by atoms with E-state index in [1.54, 1.807) is 24.3 Å². The van der Waals surface area contributed by atoms with Crippen LogP contribution >= 0.6 is 11.6 Å². The number of nitrogens with one attached hydrogen (secondary N) is 2. The number of hydrogen-bond acceptors (Lipinski definition) is 3. The number of likely N-dealkylation sites (N-methyl/N-ethyl adjacent to an activating group) is 1. The summed E-state index contributed by atoms with van der Waals surface area (Å²) in [4.78, 5) is 26.0. The van der Waals surface area contributed by atoms with Crippen molar-refractivity contribution in [3.63, 3.8) is 0 Å². The number of anilines is 1. The number of rotatable bonds is 6. The molecular weight excluding hydrogens is 302 g/mol. The van der Waals surface area contributed by atoms with Gasteiger partial charge in [0.1, 0.15) is 0 Å². The zero-order chi connectivity index (χ0) is 16.7. The molecule has 1 rings (SSSR count). The lowest BCUT2D eigenvalue weighted by molar-refractivity contribution is -0.136. The second-order valence-electron chi connectivity index (χ2n) is 6.00. The first-order chi connectivity index (χ1) is 10.3. The second-order valence-corrected chi connectivity index (χ2v) is 6.40. The number of para-hydroxylation sites is 1. The minimum absolute atomic E-state index is 0.0699. The second kappa shape index (κ2) is 8.76. The Hall–Kier alpha value is -1.59. The maximum absolute atomic E-state index is 12.0. The zero-order valence-corrected chi connectivity index (χ0v) is 14.3. The Kier molecular flexibility index (Phi) is 7.35. The molecule has 6 heteroatoms. The van der Waals surface area contributed by atoms with E-state index in [1.165, 1.54) is 0 Å². The van der Waals surface area contributed by atoms with Gasteiger partial charge in [-0.25, -0.2) is 0 Å². The summed E-state index contributed by atoms with van der Waals surface area (Å²) in [5.74, 6) is -0.926. The van der Waals surface area contributed by atoms with E-state index in [1.807, 2.05) is 19.0 Å². The van der Waals surface area contributed by atoms with Crippen LogP contribution in [-0.4, -0.2) is 43.4 Å². The van der Waals surface area contributed by atoms with Crippen molar-refractivity contribution in [3.05, 3.63) is 29.3 Å². The number of carbonyl (C=O) groups is 2. The van der Waals surface area contributed by atoms with E-state index >= 15 is 0 Å². The first-order valence-electron chi connectivity index (χ1n) is 7.30. The van der Waals surface area contributed by atoms with Gasteiger partial charge in [-0.3, -0.25) is 9.59 Å². The number of nitrogens with zero attached hydrogens (tertiary/aromatic N) is 1. The van der Waals surface area contributed by atoms with Crippen molar-refractivity contribution in [3.8, 4) is 0 Å². The molecule has 0 aliphatic rings. The number of carbonyl (C=O) groups excluding carboxylic acids is 2. The standard InChI is InChI=1S/C16H24ClN3O2/c1-11(2)9-12(10-20(3)4)18-15(21)16(22)19-14-8-6-5-7-13(14)17/h5-8,11-12H,9-10H2,1-4H3,(H,18,21)(H,19,22)/t12-/m0/s1. The van der Waals surface area contributed by atoms with Crippen LogP contribution in [-0.2, 0) is 9.59 Å². The van der Waals surface area contributed by atoms with Gasteiger partial charge in [0.05, 0.1) is 10.7 Å². The maximum Gasteiger partial charge on any atom is 0.313 e. The fourth-order valence-electron chi connectivity index (χ4n) is 2.18. The largest absolute Gasteiger partial charge is 0.344 e. The van der Waals surface area contributed by atoms with Crippen LogP contribution < -0.4 is 10.6 Å². The number of amides is 2. The van der Waals surface area contributed by atoms with Crippen LogP contribution in [0.15, 0.2) is 24.3 Å². The van der Waals surface area contributed by atoms with E-state index in [0.29, 0.717) is 23.2 Å². The van der Waals surface area contributed by atoms with E-state index < -0.39 is 11.8 Å². The molecule has 0 saturated carbocycles. The van der Waals surface area contributed by atoms with Gasteiger partial charge in [0.15, 0.2) is 0 Å². The van der Waals surface area contributed by atoms with Gasteiger partial charge in [0, 0.05) is 12.6 Å². The van der Waals surface area contributed by atoms with E-state index in [9.17, 15) is 9.59 Å². The maximum atomic E-state index is 12.0. The molecule has 1 aromatic rings. The number of hydrogen-bond donors (Lipinski definition) is 2. The van der Waals surface area contributed by atoms with Gasteiger partial charge in [-0.15, -0.1) is 0 Å². The summed E-state index contributed by atoms with van der Waals surface area (Å²) in [5.41, 5.74) is 0.428. The molecule has 122 valence electrons. The van der Waals surface area contributed by atoms with Crippen LogP contribution in [0.3, 0.4) is 0 Å². The summed E-state index contributed by atoms with van der Waals surface area (Å²) >= 11 is 5.96. The molecule has 0 spiro atoms. The van der Waals surface area contributed by atoms with E-state index in [2.05, 4.69) is 24.5 Å². The van der Waals surface area contributed by atoms with Crippen molar-refractivity contribution in [1.82, 2.24) is 10.2 Å². The van der Waals surface area contributed by atoms with Crippen molar-refractivity contribution in [2.45, 2.75) is 26.3 Å². The van der Waals surface area contributed by atoms with Crippen molar-refractivity contribution in [2.24, 2.45) is 5.92 Å². The third-order valence-corrected chi connectivity index (χ3v) is 3.33. The summed E-state index contributed by atoms with van der Waals surface area (Å²) < 4.78 is 0. The molecule has 0 heterocycles. The van der Waals surface area contributed by atoms with Gasteiger partial charge in [-0.05, 0) is 38.6 Å². The molecule has 0 unspecified atom stereocenters. The van der Waals surface area contributed by atoms with Crippen LogP contribution in [0.2, 0.25) is 5.02 Å². The Morgan fingerprint density at radius 2 is 1.82 bits per heavy atom. The zero-order valence-electron chi connectivity index (χ0n) is 13.5.